The molecule has 0 spiro atoms. The number of alkyl halides is 2. The van der Waals surface area contributed by atoms with Crippen LogP contribution in [-0.4, -0.2) is 22.7 Å². The molecule has 1 aromatic heterocycles. The molecule has 80 valence electrons. The summed E-state index contributed by atoms with van der Waals surface area (Å²) in [6, 6.07) is 2.65. The number of carbonyl (C=O) groups is 1. The van der Waals surface area contributed by atoms with Crippen molar-refractivity contribution in [3.05, 3.63) is 30.0 Å². The number of hydrogen-bond donors (Lipinski definition) is 1. The molecule has 1 rings (SSSR count). The van der Waals surface area contributed by atoms with E-state index in [4.69, 9.17) is 5.11 Å². The molecule has 1 N–H and O–H groups in total. The molecule has 0 fully saturated rings. The molecule has 4 nitrogen and oxygen atoms in total. The third-order valence-electron chi connectivity index (χ3n) is 1.39. The van der Waals surface area contributed by atoms with Gasteiger partial charge in [0.15, 0.2) is 0 Å². The van der Waals surface area contributed by atoms with Crippen LogP contribution in [0.25, 0.3) is 6.08 Å². The molecule has 0 aliphatic heterocycles. The Morgan fingerprint density at radius 1 is 1.53 bits per heavy atom. The molecule has 0 saturated carbocycles. The third kappa shape index (κ3) is 4.17. The molecule has 1 heterocycles. The highest BCUT2D eigenvalue weighted by Crippen LogP contribution is 2.11. The van der Waals surface area contributed by atoms with E-state index in [0.29, 0.717) is 5.56 Å². The van der Waals surface area contributed by atoms with Gasteiger partial charge in [-0.1, -0.05) is 0 Å². The highest BCUT2D eigenvalue weighted by Gasteiger charge is 2.04. The van der Waals surface area contributed by atoms with E-state index in [1.165, 1.54) is 24.4 Å². The predicted octanol–water partition coefficient (Wildman–Crippen LogP) is 1.78. The van der Waals surface area contributed by atoms with Gasteiger partial charge in [0.2, 0.25) is 5.88 Å². The van der Waals surface area contributed by atoms with Gasteiger partial charge in [-0.15, -0.1) is 0 Å². The Balaban J connectivity index is 2.68. The Hall–Kier alpha value is -1.98. The first-order valence-electron chi connectivity index (χ1n) is 3.90. The normalized spacial score (nSPS) is 10.9. The minimum Gasteiger partial charge on any atom is -0.478 e. The second-order valence-electron chi connectivity index (χ2n) is 2.48. The number of halogens is 2. The summed E-state index contributed by atoms with van der Waals surface area (Å²) in [5.41, 5.74) is 0.485. The predicted molar refractivity (Wildman–Crippen MR) is 47.5 cm³/mol. The van der Waals surface area contributed by atoms with Crippen molar-refractivity contribution < 1.29 is 23.4 Å². The van der Waals surface area contributed by atoms with Gasteiger partial charge in [0.25, 0.3) is 0 Å². The minimum absolute atomic E-state index is 0.211. The van der Waals surface area contributed by atoms with Gasteiger partial charge in [-0.05, 0) is 17.7 Å². The van der Waals surface area contributed by atoms with E-state index in [9.17, 15) is 13.6 Å². The topological polar surface area (TPSA) is 59.4 Å². The average molecular weight is 215 g/mol. The molecular formula is C9H7F2NO3. The van der Waals surface area contributed by atoms with Crippen molar-refractivity contribution in [2.75, 3.05) is 0 Å². The van der Waals surface area contributed by atoms with E-state index >= 15 is 0 Å². The molecule has 6 heteroatoms. The lowest BCUT2D eigenvalue weighted by atomic mass is 10.2. The molecule has 0 aromatic carbocycles. The Labute approximate surface area is 83.8 Å². The zero-order valence-electron chi connectivity index (χ0n) is 7.43. The van der Waals surface area contributed by atoms with E-state index in [1.54, 1.807) is 0 Å². The summed E-state index contributed by atoms with van der Waals surface area (Å²) in [6.45, 7) is -2.92. The number of hydrogen-bond acceptors (Lipinski definition) is 3. The van der Waals surface area contributed by atoms with Gasteiger partial charge < -0.3 is 9.84 Å². The van der Waals surface area contributed by atoms with Crippen molar-refractivity contribution >= 4 is 12.0 Å². The quantitative estimate of drug-likeness (QED) is 0.777. The largest absolute Gasteiger partial charge is 0.478 e. The fourth-order valence-corrected chi connectivity index (χ4v) is 0.819. The Morgan fingerprint density at radius 3 is 2.73 bits per heavy atom. The molecule has 15 heavy (non-hydrogen) atoms. The van der Waals surface area contributed by atoms with Crippen molar-refractivity contribution in [3.8, 4) is 5.88 Å². The molecule has 0 bridgehead atoms. The minimum atomic E-state index is -2.92. The molecule has 1 aromatic rings. The van der Waals surface area contributed by atoms with Gasteiger partial charge in [0.05, 0.1) is 0 Å². The number of rotatable bonds is 4. The van der Waals surface area contributed by atoms with Gasteiger partial charge in [0, 0.05) is 18.3 Å². The summed E-state index contributed by atoms with van der Waals surface area (Å²) >= 11 is 0. The number of aliphatic carboxylic acids is 1. The maximum Gasteiger partial charge on any atom is 0.388 e. The molecule has 0 unspecified atom stereocenters. The fraction of sp³-hybridized carbons (Fsp3) is 0.111. The van der Waals surface area contributed by atoms with E-state index in [1.807, 2.05) is 0 Å². The van der Waals surface area contributed by atoms with E-state index in [0.717, 1.165) is 6.08 Å². The second kappa shape index (κ2) is 5.04. The van der Waals surface area contributed by atoms with Crippen LogP contribution in [0.1, 0.15) is 5.56 Å². The summed E-state index contributed by atoms with van der Waals surface area (Å²) in [4.78, 5) is 13.7. The summed E-state index contributed by atoms with van der Waals surface area (Å²) < 4.78 is 27.5. The Kier molecular flexibility index (Phi) is 3.73. The first kappa shape index (κ1) is 11.1. The molecule has 0 atom stereocenters. The smallest absolute Gasteiger partial charge is 0.388 e. The first-order valence-corrected chi connectivity index (χ1v) is 3.90. The van der Waals surface area contributed by atoms with E-state index < -0.39 is 12.6 Å². The summed E-state index contributed by atoms with van der Waals surface area (Å²) in [6.07, 6.45) is 3.45. The summed E-state index contributed by atoms with van der Waals surface area (Å²) in [5.74, 6) is -1.31. The van der Waals surface area contributed by atoms with Crippen molar-refractivity contribution in [3.63, 3.8) is 0 Å². The molecular weight excluding hydrogens is 208 g/mol. The van der Waals surface area contributed by atoms with Crippen LogP contribution in [0.15, 0.2) is 24.4 Å². The summed E-state index contributed by atoms with van der Waals surface area (Å²) in [5, 5.41) is 8.32. The van der Waals surface area contributed by atoms with Gasteiger partial charge in [-0.3, -0.25) is 0 Å². The maximum absolute atomic E-state index is 11.7. The van der Waals surface area contributed by atoms with E-state index in [2.05, 4.69) is 9.72 Å². The molecule has 0 radical (unpaired) electrons. The van der Waals surface area contributed by atoms with Crippen LogP contribution < -0.4 is 4.74 Å². The van der Waals surface area contributed by atoms with Crippen LogP contribution in [-0.2, 0) is 4.79 Å². The molecule has 0 aliphatic rings. The van der Waals surface area contributed by atoms with Crippen molar-refractivity contribution in [2.24, 2.45) is 0 Å². The Bertz CT molecular complexity index is 362. The lowest BCUT2D eigenvalue weighted by molar-refractivity contribution is -0.131. The van der Waals surface area contributed by atoms with Crippen molar-refractivity contribution in [2.45, 2.75) is 6.61 Å². The van der Waals surface area contributed by atoms with Crippen LogP contribution in [0.4, 0.5) is 8.78 Å². The highest BCUT2D eigenvalue weighted by atomic mass is 19.3. The lowest BCUT2D eigenvalue weighted by Crippen LogP contribution is -2.03. The first-order chi connectivity index (χ1) is 7.08. The number of nitrogens with zero attached hydrogens (tertiary/aromatic N) is 1. The number of carboxylic acid groups (broad SMARTS) is 1. The monoisotopic (exact) mass is 215 g/mol. The second-order valence-corrected chi connectivity index (χ2v) is 2.48. The lowest BCUT2D eigenvalue weighted by Gasteiger charge is -2.02. The Morgan fingerprint density at radius 2 is 2.27 bits per heavy atom. The van der Waals surface area contributed by atoms with Gasteiger partial charge in [-0.25, -0.2) is 9.78 Å². The maximum atomic E-state index is 11.7. The zero-order valence-corrected chi connectivity index (χ0v) is 7.43. The number of ether oxygens (including phenoxy) is 1. The zero-order chi connectivity index (χ0) is 11.3. The standard InChI is InChI=1S/C9H7F2NO3/c10-9(11)15-7-3-1-6(5-12-7)2-4-8(13)14/h1-5,9H,(H,13,14)/b4-2+. The molecule has 0 saturated heterocycles. The van der Waals surface area contributed by atoms with Gasteiger partial charge >= 0.3 is 12.6 Å². The van der Waals surface area contributed by atoms with E-state index in [-0.39, 0.29) is 5.88 Å². The van der Waals surface area contributed by atoms with Crippen LogP contribution in [0.5, 0.6) is 5.88 Å². The summed E-state index contributed by atoms with van der Waals surface area (Å²) in [7, 11) is 0. The van der Waals surface area contributed by atoms with Crippen LogP contribution >= 0.6 is 0 Å². The number of aromatic nitrogens is 1. The molecule has 0 amide bonds. The van der Waals surface area contributed by atoms with Crippen LogP contribution in [0.2, 0.25) is 0 Å². The van der Waals surface area contributed by atoms with Crippen LogP contribution in [0, 0.1) is 0 Å². The third-order valence-corrected chi connectivity index (χ3v) is 1.39. The van der Waals surface area contributed by atoms with Crippen molar-refractivity contribution in [1.82, 2.24) is 4.98 Å². The van der Waals surface area contributed by atoms with Crippen molar-refractivity contribution in [1.29, 1.82) is 0 Å². The van der Waals surface area contributed by atoms with Gasteiger partial charge in [-0.2, -0.15) is 8.78 Å². The SMILES string of the molecule is O=C(O)/C=C/c1ccc(OC(F)F)nc1. The van der Waals surface area contributed by atoms with Gasteiger partial charge in [0.1, 0.15) is 0 Å². The number of carboxylic acids is 1. The molecule has 0 aliphatic carbocycles. The fourth-order valence-electron chi connectivity index (χ4n) is 0.819. The number of pyridine rings is 1. The van der Waals surface area contributed by atoms with Crippen LogP contribution in [0.3, 0.4) is 0 Å². The average Bonchev–Trinajstić information content (AvgIpc) is 2.16. The highest BCUT2D eigenvalue weighted by molar-refractivity contribution is 5.85.